The van der Waals surface area contributed by atoms with Crippen molar-refractivity contribution in [1.29, 1.82) is 0 Å². The molecule has 0 aromatic rings. The lowest BCUT2D eigenvalue weighted by atomic mass is 9.98. The lowest BCUT2D eigenvalue weighted by Crippen LogP contribution is -2.61. The molecule has 2 saturated heterocycles. The summed E-state index contributed by atoms with van der Waals surface area (Å²) in [5.41, 5.74) is 0. The van der Waals surface area contributed by atoms with Gasteiger partial charge in [-0.05, 0) is 38.5 Å². The normalized spacial score (nSPS) is 30.9. The van der Waals surface area contributed by atoms with Crippen LogP contribution in [0.2, 0.25) is 0 Å². The zero-order chi connectivity index (χ0) is 36.9. The first-order valence-electron chi connectivity index (χ1n) is 17.9. The molecule has 0 aromatic heterocycles. The van der Waals surface area contributed by atoms with Gasteiger partial charge in [0.1, 0.15) is 55.4 Å². The standard InChI is InChI=1S/C35H60O15/c1-3-5-6-7-8-9-10-11-12-13-14-15-16-18-27(38)48-23(20-45-26(37)17-4-2)21-46-34-33(44)31(42)29(40)25(50-34)22-47-35-32(43)30(41)28(39)24(19-36)49-35/h6-7,9-10,23-25,28-36,39-44H,3-5,8,11-22H2,1-2H3/b7-6-,10-9-. The largest absolute Gasteiger partial charge is 0.462 e. The van der Waals surface area contributed by atoms with Crippen LogP contribution in [0.15, 0.2) is 24.3 Å². The van der Waals surface area contributed by atoms with Crippen molar-refractivity contribution >= 4 is 11.9 Å². The molecule has 0 aromatic carbocycles. The number of carbonyl (C=O) groups is 2. The number of allylic oxidation sites excluding steroid dienone is 4. The summed E-state index contributed by atoms with van der Waals surface area (Å²) in [5, 5.41) is 71.0. The minimum Gasteiger partial charge on any atom is -0.462 e. The first-order chi connectivity index (χ1) is 24.0. The van der Waals surface area contributed by atoms with Crippen molar-refractivity contribution in [3.05, 3.63) is 24.3 Å². The van der Waals surface area contributed by atoms with E-state index in [1.807, 2.05) is 6.92 Å². The van der Waals surface area contributed by atoms with Crippen LogP contribution in [0.25, 0.3) is 0 Å². The topological polar surface area (TPSA) is 231 Å². The number of hydrogen-bond acceptors (Lipinski definition) is 15. The van der Waals surface area contributed by atoms with Crippen LogP contribution in [0.1, 0.15) is 90.9 Å². The predicted octanol–water partition coefficient (Wildman–Crippen LogP) is 0.916. The van der Waals surface area contributed by atoms with Crippen LogP contribution in [-0.4, -0.2) is 142 Å². The number of aliphatic hydroxyl groups is 7. The average molecular weight is 721 g/mol. The van der Waals surface area contributed by atoms with Gasteiger partial charge in [-0.25, -0.2) is 0 Å². The summed E-state index contributed by atoms with van der Waals surface area (Å²) in [5.74, 6) is -1.01. The Morgan fingerprint density at radius 3 is 1.90 bits per heavy atom. The fourth-order valence-electron chi connectivity index (χ4n) is 5.35. The van der Waals surface area contributed by atoms with Gasteiger partial charge >= 0.3 is 11.9 Å². The van der Waals surface area contributed by atoms with Gasteiger partial charge in [-0.1, -0.05) is 63.8 Å². The highest BCUT2D eigenvalue weighted by Gasteiger charge is 2.47. The van der Waals surface area contributed by atoms with E-state index >= 15 is 0 Å². The Hall–Kier alpha value is -2.02. The molecule has 11 unspecified atom stereocenters. The molecular formula is C35H60O15. The van der Waals surface area contributed by atoms with Crippen LogP contribution >= 0.6 is 0 Å². The van der Waals surface area contributed by atoms with Crippen molar-refractivity contribution < 1.29 is 73.8 Å². The van der Waals surface area contributed by atoms with Crippen molar-refractivity contribution in [2.24, 2.45) is 0 Å². The molecule has 290 valence electrons. The number of rotatable bonds is 24. The molecule has 15 nitrogen and oxygen atoms in total. The Bertz CT molecular complexity index is 991. The summed E-state index contributed by atoms with van der Waals surface area (Å²) < 4.78 is 32.7. The van der Waals surface area contributed by atoms with Crippen molar-refractivity contribution in [2.75, 3.05) is 26.4 Å². The van der Waals surface area contributed by atoms with Crippen LogP contribution in [0.4, 0.5) is 0 Å². The van der Waals surface area contributed by atoms with Gasteiger partial charge in [0, 0.05) is 12.8 Å². The SMILES string of the molecule is CCC/C=C\C/C=C\CCCCCCCC(=O)OC(COC(=O)CCC)COC1OC(COC2OC(CO)C(O)C(O)C2O)C(O)C(O)C1O. The number of hydrogen-bond donors (Lipinski definition) is 7. The molecule has 0 saturated carbocycles. The Morgan fingerprint density at radius 2 is 1.24 bits per heavy atom. The third-order valence-corrected chi connectivity index (χ3v) is 8.38. The zero-order valence-electron chi connectivity index (χ0n) is 29.4. The lowest BCUT2D eigenvalue weighted by molar-refractivity contribution is -0.332. The Kier molecular flexibility index (Phi) is 22.1. The van der Waals surface area contributed by atoms with Crippen LogP contribution in [0.3, 0.4) is 0 Å². The fourth-order valence-corrected chi connectivity index (χ4v) is 5.35. The summed E-state index contributed by atoms with van der Waals surface area (Å²) in [6.07, 6.45) is 1.54. The van der Waals surface area contributed by atoms with E-state index in [1.165, 1.54) is 0 Å². The van der Waals surface area contributed by atoms with Crippen LogP contribution in [0, 0.1) is 0 Å². The van der Waals surface area contributed by atoms with E-state index in [1.54, 1.807) is 0 Å². The van der Waals surface area contributed by atoms with E-state index in [2.05, 4.69) is 31.2 Å². The molecule has 0 amide bonds. The monoisotopic (exact) mass is 720 g/mol. The van der Waals surface area contributed by atoms with Crippen LogP contribution < -0.4 is 0 Å². The maximum Gasteiger partial charge on any atom is 0.306 e. The van der Waals surface area contributed by atoms with E-state index in [0.717, 1.165) is 51.4 Å². The molecule has 7 N–H and O–H groups in total. The molecule has 50 heavy (non-hydrogen) atoms. The van der Waals surface area contributed by atoms with E-state index in [4.69, 9.17) is 28.4 Å². The highest BCUT2D eigenvalue weighted by molar-refractivity contribution is 5.70. The van der Waals surface area contributed by atoms with Gasteiger partial charge in [0.05, 0.1) is 19.8 Å². The Balaban J connectivity index is 1.84. The second-order valence-corrected chi connectivity index (χ2v) is 12.7. The predicted molar refractivity (Wildman–Crippen MR) is 178 cm³/mol. The van der Waals surface area contributed by atoms with Crippen molar-refractivity contribution in [3.8, 4) is 0 Å². The van der Waals surface area contributed by atoms with Crippen molar-refractivity contribution in [2.45, 2.75) is 158 Å². The highest BCUT2D eigenvalue weighted by Crippen LogP contribution is 2.26. The van der Waals surface area contributed by atoms with E-state index in [-0.39, 0.29) is 19.4 Å². The van der Waals surface area contributed by atoms with E-state index in [0.29, 0.717) is 12.8 Å². The molecule has 2 rings (SSSR count). The molecular weight excluding hydrogens is 660 g/mol. The summed E-state index contributed by atoms with van der Waals surface area (Å²) in [6.45, 7) is 2.05. The second-order valence-electron chi connectivity index (χ2n) is 12.7. The van der Waals surface area contributed by atoms with Gasteiger partial charge in [-0.15, -0.1) is 0 Å². The summed E-state index contributed by atoms with van der Waals surface area (Å²) in [4.78, 5) is 24.7. The smallest absolute Gasteiger partial charge is 0.306 e. The third-order valence-electron chi connectivity index (χ3n) is 8.38. The molecule has 11 atom stereocenters. The van der Waals surface area contributed by atoms with Gasteiger partial charge < -0.3 is 64.2 Å². The first kappa shape index (κ1) is 44.1. The van der Waals surface area contributed by atoms with E-state index in [9.17, 15) is 45.3 Å². The van der Waals surface area contributed by atoms with Gasteiger partial charge in [0.15, 0.2) is 18.7 Å². The van der Waals surface area contributed by atoms with Gasteiger partial charge in [0.2, 0.25) is 0 Å². The highest BCUT2D eigenvalue weighted by atomic mass is 16.7. The molecule has 2 aliphatic rings. The molecule has 15 heteroatoms. The van der Waals surface area contributed by atoms with Crippen molar-refractivity contribution in [3.63, 3.8) is 0 Å². The summed E-state index contributed by atoms with van der Waals surface area (Å²) >= 11 is 0. The molecule has 0 radical (unpaired) electrons. The van der Waals surface area contributed by atoms with Gasteiger partial charge in [-0.2, -0.15) is 0 Å². The number of carbonyl (C=O) groups excluding carboxylic acids is 2. The van der Waals surface area contributed by atoms with Gasteiger partial charge in [-0.3, -0.25) is 9.59 Å². The Labute approximate surface area is 294 Å². The van der Waals surface area contributed by atoms with Gasteiger partial charge in [0.25, 0.3) is 0 Å². The Morgan fingerprint density at radius 1 is 0.640 bits per heavy atom. The van der Waals surface area contributed by atoms with Crippen LogP contribution in [-0.2, 0) is 38.0 Å². The second kappa shape index (κ2) is 25.0. The molecule has 0 aliphatic carbocycles. The minimum atomic E-state index is -1.76. The average Bonchev–Trinajstić information content (AvgIpc) is 3.10. The van der Waals surface area contributed by atoms with Crippen LogP contribution in [0.5, 0.6) is 0 Å². The first-order valence-corrected chi connectivity index (χ1v) is 17.9. The number of unbranched alkanes of at least 4 members (excludes halogenated alkanes) is 6. The zero-order valence-corrected chi connectivity index (χ0v) is 29.4. The molecule has 0 spiro atoms. The molecule has 0 bridgehead atoms. The molecule has 2 fully saturated rings. The number of esters is 2. The minimum absolute atomic E-state index is 0.147. The number of ether oxygens (including phenoxy) is 6. The molecule has 2 heterocycles. The quantitative estimate of drug-likeness (QED) is 0.0418. The molecule has 2 aliphatic heterocycles. The maximum atomic E-state index is 12.7. The third kappa shape index (κ3) is 15.7. The van der Waals surface area contributed by atoms with E-state index < -0.39 is 99.3 Å². The maximum absolute atomic E-state index is 12.7. The summed E-state index contributed by atoms with van der Waals surface area (Å²) in [6, 6.07) is 0. The lowest BCUT2D eigenvalue weighted by Gasteiger charge is -2.42. The summed E-state index contributed by atoms with van der Waals surface area (Å²) in [7, 11) is 0. The van der Waals surface area contributed by atoms with Crippen molar-refractivity contribution in [1.82, 2.24) is 0 Å². The number of aliphatic hydroxyl groups excluding tert-OH is 7. The fraction of sp³-hybridized carbons (Fsp3) is 0.829.